The second-order valence-corrected chi connectivity index (χ2v) is 7.26. The largest absolute Gasteiger partial charge is 0.497 e. The summed E-state index contributed by atoms with van der Waals surface area (Å²) in [6.45, 7) is 0. The summed E-state index contributed by atoms with van der Waals surface area (Å²) in [5.41, 5.74) is 4.58. The fourth-order valence-electron chi connectivity index (χ4n) is 3.21. The van der Waals surface area contributed by atoms with Gasteiger partial charge in [0, 0.05) is 40.5 Å². The Morgan fingerprint density at radius 2 is 1.79 bits per heavy atom. The van der Waals surface area contributed by atoms with Gasteiger partial charge in [-0.1, -0.05) is 0 Å². The number of ether oxygens (including phenoxy) is 1. The molecule has 5 rings (SSSR count). The lowest BCUT2D eigenvalue weighted by Gasteiger charge is -2.10. The lowest BCUT2D eigenvalue weighted by molar-refractivity contribution is 0.415. The first-order valence-corrected chi connectivity index (χ1v) is 9.52. The molecule has 0 aliphatic carbocycles. The lowest BCUT2D eigenvalue weighted by Crippen LogP contribution is -1.97. The molecule has 0 bridgehead atoms. The molecule has 1 N–H and O–H groups in total. The van der Waals surface area contributed by atoms with Crippen LogP contribution in [0.2, 0.25) is 0 Å². The number of anilines is 2. The number of halogens is 1. The van der Waals surface area contributed by atoms with Crippen molar-refractivity contribution < 1.29 is 4.74 Å². The number of nitrogens with zero attached hydrogens (tertiary/aromatic N) is 4. The van der Waals surface area contributed by atoms with Crippen LogP contribution in [0.4, 0.5) is 11.5 Å². The van der Waals surface area contributed by atoms with Crippen LogP contribution in [0.3, 0.4) is 0 Å². The van der Waals surface area contributed by atoms with E-state index < -0.39 is 0 Å². The van der Waals surface area contributed by atoms with E-state index in [1.54, 1.807) is 13.3 Å². The van der Waals surface area contributed by atoms with Gasteiger partial charge in [0.2, 0.25) is 0 Å². The van der Waals surface area contributed by atoms with Crippen molar-refractivity contribution in [2.24, 2.45) is 0 Å². The first-order valence-electron chi connectivity index (χ1n) is 8.73. The maximum Gasteiger partial charge on any atom is 0.143 e. The minimum Gasteiger partial charge on any atom is -0.497 e. The highest BCUT2D eigenvalue weighted by molar-refractivity contribution is 9.10. The summed E-state index contributed by atoms with van der Waals surface area (Å²) in [7, 11) is 1.66. The molecule has 0 spiro atoms. The maximum atomic E-state index is 5.26. The zero-order valence-corrected chi connectivity index (χ0v) is 16.6. The summed E-state index contributed by atoms with van der Waals surface area (Å²) in [4.78, 5) is 9.18. The van der Waals surface area contributed by atoms with Gasteiger partial charge in [-0.15, -0.1) is 0 Å². The molecule has 28 heavy (non-hydrogen) atoms. The first kappa shape index (κ1) is 16.8. The van der Waals surface area contributed by atoms with Crippen molar-refractivity contribution in [3.8, 4) is 17.0 Å². The molecule has 0 aliphatic rings. The van der Waals surface area contributed by atoms with E-state index in [4.69, 9.17) is 9.72 Å². The average molecular weight is 434 g/mol. The SMILES string of the molecule is COc1ccc(Nc2c(-c3ccc4nccn4c3)nc3ccc(Br)cn23)cc1. The second kappa shape index (κ2) is 6.69. The van der Waals surface area contributed by atoms with Gasteiger partial charge in [-0.05, 0) is 64.5 Å². The molecule has 0 unspecified atom stereocenters. The first-order chi connectivity index (χ1) is 13.7. The van der Waals surface area contributed by atoms with Crippen LogP contribution in [-0.4, -0.2) is 25.9 Å². The number of imidazole rings is 2. The summed E-state index contributed by atoms with van der Waals surface area (Å²) >= 11 is 3.56. The number of pyridine rings is 2. The van der Waals surface area contributed by atoms with Gasteiger partial charge in [-0.3, -0.25) is 4.40 Å². The Bertz CT molecular complexity index is 1290. The average Bonchev–Trinajstić information content (AvgIpc) is 3.33. The monoisotopic (exact) mass is 433 g/mol. The van der Waals surface area contributed by atoms with Gasteiger partial charge in [0.25, 0.3) is 0 Å². The van der Waals surface area contributed by atoms with Crippen LogP contribution in [-0.2, 0) is 0 Å². The van der Waals surface area contributed by atoms with Gasteiger partial charge < -0.3 is 14.5 Å². The van der Waals surface area contributed by atoms with Crippen molar-refractivity contribution in [3.05, 3.63) is 77.8 Å². The van der Waals surface area contributed by atoms with E-state index in [9.17, 15) is 0 Å². The van der Waals surface area contributed by atoms with Gasteiger partial charge in [-0.2, -0.15) is 0 Å². The Hall–Kier alpha value is -3.32. The zero-order valence-electron chi connectivity index (χ0n) is 15.0. The number of benzene rings is 1. The van der Waals surface area contributed by atoms with Gasteiger partial charge in [-0.25, -0.2) is 9.97 Å². The Kier molecular flexibility index (Phi) is 4.02. The standard InChI is InChI=1S/C21H16BrN5O/c1-28-17-6-4-16(5-7-17)24-21-20(25-19-9-3-15(22)13-27(19)21)14-2-8-18-23-10-11-26(18)12-14/h2-13,24H,1H3. The van der Waals surface area contributed by atoms with E-state index in [0.717, 1.165) is 44.3 Å². The second-order valence-electron chi connectivity index (χ2n) is 6.35. The van der Waals surface area contributed by atoms with Crippen LogP contribution < -0.4 is 10.1 Å². The molecule has 1 aromatic carbocycles. The van der Waals surface area contributed by atoms with Crippen LogP contribution in [0.1, 0.15) is 0 Å². The van der Waals surface area contributed by atoms with E-state index in [2.05, 4.69) is 26.2 Å². The predicted molar refractivity (Wildman–Crippen MR) is 113 cm³/mol. The molecule has 5 aromatic rings. The van der Waals surface area contributed by atoms with Crippen LogP contribution in [0.25, 0.3) is 22.6 Å². The molecule has 138 valence electrons. The molecular formula is C21H16BrN5O. The molecule has 6 nitrogen and oxygen atoms in total. The fraction of sp³-hybridized carbons (Fsp3) is 0.0476. The number of aromatic nitrogens is 4. The smallest absolute Gasteiger partial charge is 0.143 e. The summed E-state index contributed by atoms with van der Waals surface area (Å²) in [6, 6.07) is 15.8. The van der Waals surface area contributed by atoms with E-state index in [0.29, 0.717) is 0 Å². The van der Waals surface area contributed by atoms with Crippen molar-refractivity contribution in [1.82, 2.24) is 18.8 Å². The van der Waals surface area contributed by atoms with Crippen molar-refractivity contribution in [3.63, 3.8) is 0 Å². The van der Waals surface area contributed by atoms with E-state index in [-0.39, 0.29) is 0 Å². The molecule has 7 heteroatoms. The maximum absolute atomic E-state index is 5.26. The lowest BCUT2D eigenvalue weighted by atomic mass is 10.2. The Balaban J connectivity index is 1.67. The number of methoxy groups -OCH3 is 1. The third kappa shape index (κ3) is 2.90. The number of hydrogen-bond donors (Lipinski definition) is 1. The van der Waals surface area contributed by atoms with Crippen LogP contribution in [0, 0.1) is 0 Å². The molecule has 0 atom stereocenters. The quantitative estimate of drug-likeness (QED) is 0.425. The van der Waals surface area contributed by atoms with Crippen molar-refractivity contribution >= 4 is 38.7 Å². The summed E-state index contributed by atoms with van der Waals surface area (Å²) < 4.78 is 10.3. The van der Waals surface area contributed by atoms with Crippen molar-refractivity contribution in [2.75, 3.05) is 12.4 Å². The van der Waals surface area contributed by atoms with Crippen molar-refractivity contribution in [2.45, 2.75) is 0 Å². The van der Waals surface area contributed by atoms with Gasteiger partial charge in [0.1, 0.15) is 28.6 Å². The highest BCUT2D eigenvalue weighted by Gasteiger charge is 2.15. The Morgan fingerprint density at radius 1 is 0.964 bits per heavy atom. The summed E-state index contributed by atoms with van der Waals surface area (Å²) in [6.07, 6.45) is 7.77. The molecule has 0 radical (unpaired) electrons. The molecular weight excluding hydrogens is 418 g/mol. The zero-order chi connectivity index (χ0) is 19.1. The topological polar surface area (TPSA) is 55.9 Å². The van der Waals surface area contributed by atoms with E-state index in [1.807, 2.05) is 75.9 Å². The van der Waals surface area contributed by atoms with E-state index in [1.165, 1.54) is 0 Å². The summed E-state index contributed by atoms with van der Waals surface area (Å²) in [5, 5.41) is 3.51. The molecule has 4 aromatic heterocycles. The third-order valence-corrected chi connectivity index (χ3v) is 5.07. The number of fused-ring (bicyclic) bond motifs is 2. The number of hydrogen-bond acceptors (Lipinski definition) is 4. The van der Waals surface area contributed by atoms with Crippen LogP contribution >= 0.6 is 15.9 Å². The van der Waals surface area contributed by atoms with Gasteiger partial charge in [0.15, 0.2) is 0 Å². The van der Waals surface area contributed by atoms with E-state index >= 15 is 0 Å². The number of rotatable bonds is 4. The van der Waals surface area contributed by atoms with Gasteiger partial charge >= 0.3 is 0 Å². The molecule has 0 amide bonds. The van der Waals surface area contributed by atoms with Crippen molar-refractivity contribution in [1.29, 1.82) is 0 Å². The highest BCUT2D eigenvalue weighted by atomic mass is 79.9. The van der Waals surface area contributed by atoms with Crippen LogP contribution in [0.15, 0.2) is 77.8 Å². The molecule has 0 saturated carbocycles. The van der Waals surface area contributed by atoms with Crippen LogP contribution in [0.5, 0.6) is 5.75 Å². The Labute approximate surface area is 169 Å². The molecule has 0 aliphatic heterocycles. The third-order valence-electron chi connectivity index (χ3n) is 4.60. The number of nitrogens with one attached hydrogen (secondary N) is 1. The molecule has 0 saturated heterocycles. The fourth-order valence-corrected chi connectivity index (χ4v) is 3.55. The minimum absolute atomic E-state index is 0.817. The minimum atomic E-state index is 0.817. The Morgan fingerprint density at radius 3 is 2.61 bits per heavy atom. The molecule has 4 heterocycles. The molecule has 0 fully saturated rings. The summed E-state index contributed by atoms with van der Waals surface area (Å²) in [5.74, 6) is 1.71. The van der Waals surface area contributed by atoms with Gasteiger partial charge in [0.05, 0.1) is 7.11 Å². The predicted octanol–water partition coefficient (Wildman–Crippen LogP) is 5.16. The normalized spacial score (nSPS) is 11.2. The highest BCUT2D eigenvalue weighted by Crippen LogP contribution is 2.32.